The Morgan fingerprint density at radius 1 is 1.05 bits per heavy atom. The van der Waals surface area contributed by atoms with E-state index in [1.165, 1.54) is 12.1 Å². The lowest BCUT2D eigenvalue weighted by Gasteiger charge is -2.16. The first-order valence-corrected chi connectivity index (χ1v) is 8.37. The molecule has 0 fully saturated rings. The van der Waals surface area contributed by atoms with Gasteiger partial charge in [-0.25, -0.2) is 13.1 Å². The Hall–Kier alpha value is -1.27. The monoisotopic (exact) mass is 344 g/mol. The summed E-state index contributed by atoms with van der Waals surface area (Å²) in [4.78, 5) is -0.115. The van der Waals surface area contributed by atoms with Crippen molar-refractivity contribution in [1.82, 2.24) is 4.72 Å². The summed E-state index contributed by atoms with van der Waals surface area (Å²) in [5.41, 5.74) is 7.01. The van der Waals surface area contributed by atoms with Gasteiger partial charge in [-0.15, -0.1) is 0 Å². The summed E-state index contributed by atoms with van der Waals surface area (Å²) >= 11 is 11.9. The van der Waals surface area contributed by atoms with Crippen LogP contribution in [-0.4, -0.2) is 8.42 Å². The molecular weight excluding hydrogens is 331 g/mol. The van der Waals surface area contributed by atoms with Gasteiger partial charge in [0.15, 0.2) is 0 Å². The van der Waals surface area contributed by atoms with E-state index in [0.717, 1.165) is 5.56 Å². The molecule has 0 aliphatic rings. The van der Waals surface area contributed by atoms with Crippen LogP contribution < -0.4 is 10.5 Å². The van der Waals surface area contributed by atoms with Gasteiger partial charge in [-0.1, -0.05) is 41.4 Å². The minimum atomic E-state index is -3.82. The molecule has 4 nitrogen and oxygen atoms in total. The number of rotatable bonds is 4. The smallest absolute Gasteiger partial charge is 0.244 e. The van der Waals surface area contributed by atoms with Crippen LogP contribution in [0.1, 0.15) is 18.5 Å². The number of benzene rings is 2. The molecule has 0 aromatic heterocycles. The molecular formula is C14H14Cl2N2O2S. The van der Waals surface area contributed by atoms with E-state index in [1.54, 1.807) is 37.3 Å². The molecule has 0 radical (unpaired) electrons. The molecule has 1 unspecified atom stereocenters. The predicted molar refractivity (Wildman–Crippen MR) is 86.1 cm³/mol. The summed E-state index contributed by atoms with van der Waals surface area (Å²) in [6.07, 6.45) is 0. The Morgan fingerprint density at radius 2 is 1.57 bits per heavy atom. The second kappa shape index (κ2) is 6.23. The van der Waals surface area contributed by atoms with Crippen LogP contribution in [0, 0.1) is 0 Å². The lowest BCUT2D eigenvalue weighted by atomic mass is 10.1. The molecule has 2 aromatic rings. The normalized spacial score (nSPS) is 13.1. The minimum absolute atomic E-state index is 0.0829. The van der Waals surface area contributed by atoms with Gasteiger partial charge < -0.3 is 5.73 Å². The number of hydrogen-bond donors (Lipinski definition) is 2. The van der Waals surface area contributed by atoms with E-state index in [2.05, 4.69) is 4.72 Å². The van der Waals surface area contributed by atoms with Gasteiger partial charge in [0.1, 0.15) is 4.90 Å². The first kappa shape index (κ1) is 16.1. The maximum atomic E-state index is 12.4. The van der Waals surface area contributed by atoms with E-state index in [1.807, 2.05) is 0 Å². The standard InChI is InChI=1S/C14H14Cl2N2O2S/c1-9(10-5-7-11(17)8-6-10)18-21(19,20)14-12(15)3-2-4-13(14)16/h2-9,18H,17H2,1H3. The zero-order valence-corrected chi connectivity index (χ0v) is 13.5. The van der Waals surface area contributed by atoms with Crippen molar-refractivity contribution in [2.24, 2.45) is 0 Å². The molecule has 0 aliphatic heterocycles. The van der Waals surface area contributed by atoms with Crippen LogP contribution in [0.5, 0.6) is 0 Å². The molecule has 0 heterocycles. The molecule has 7 heteroatoms. The quantitative estimate of drug-likeness (QED) is 0.832. The van der Waals surface area contributed by atoms with E-state index < -0.39 is 16.1 Å². The fourth-order valence-electron chi connectivity index (χ4n) is 1.88. The Balaban J connectivity index is 2.31. The summed E-state index contributed by atoms with van der Waals surface area (Å²) in [5, 5.41) is 0.166. The summed E-state index contributed by atoms with van der Waals surface area (Å²) < 4.78 is 27.4. The van der Waals surface area contributed by atoms with Crippen molar-refractivity contribution in [3.8, 4) is 0 Å². The van der Waals surface area contributed by atoms with E-state index in [9.17, 15) is 8.42 Å². The second-order valence-electron chi connectivity index (χ2n) is 4.56. The van der Waals surface area contributed by atoms with Crippen molar-refractivity contribution >= 4 is 38.9 Å². The first-order valence-electron chi connectivity index (χ1n) is 6.13. The van der Waals surface area contributed by atoms with Crippen LogP contribution in [0.15, 0.2) is 47.4 Å². The molecule has 0 spiro atoms. The predicted octanol–water partition coefficient (Wildman–Crippen LogP) is 3.62. The number of hydrogen-bond acceptors (Lipinski definition) is 3. The lowest BCUT2D eigenvalue weighted by molar-refractivity contribution is 0.567. The zero-order valence-electron chi connectivity index (χ0n) is 11.2. The average Bonchev–Trinajstić information content (AvgIpc) is 2.38. The van der Waals surface area contributed by atoms with Gasteiger partial charge in [0.05, 0.1) is 10.0 Å². The number of nitrogens with one attached hydrogen (secondary N) is 1. The highest BCUT2D eigenvalue weighted by Crippen LogP contribution is 2.30. The number of halogens is 2. The van der Waals surface area contributed by atoms with Crippen LogP contribution in [0.4, 0.5) is 5.69 Å². The zero-order chi connectivity index (χ0) is 15.6. The third-order valence-corrected chi connectivity index (χ3v) is 5.45. The fourth-order valence-corrected chi connectivity index (χ4v) is 4.26. The van der Waals surface area contributed by atoms with Gasteiger partial charge in [-0.2, -0.15) is 0 Å². The molecule has 2 rings (SSSR count). The molecule has 0 bridgehead atoms. The highest BCUT2D eigenvalue weighted by Gasteiger charge is 2.23. The van der Waals surface area contributed by atoms with Crippen molar-refractivity contribution < 1.29 is 8.42 Å². The van der Waals surface area contributed by atoms with Crippen molar-refractivity contribution in [3.05, 3.63) is 58.1 Å². The third kappa shape index (κ3) is 3.68. The summed E-state index contributed by atoms with van der Waals surface area (Å²) in [5.74, 6) is 0. The fraction of sp³-hybridized carbons (Fsp3) is 0.143. The Kier molecular flexibility index (Phi) is 4.78. The van der Waals surface area contributed by atoms with Crippen LogP contribution in [-0.2, 0) is 10.0 Å². The highest BCUT2D eigenvalue weighted by atomic mass is 35.5. The molecule has 0 aliphatic carbocycles. The number of nitrogen functional groups attached to an aromatic ring is 1. The van der Waals surface area contributed by atoms with Crippen molar-refractivity contribution in [2.75, 3.05) is 5.73 Å². The second-order valence-corrected chi connectivity index (χ2v) is 7.03. The summed E-state index contributed by atoms with van der Waals surface area (Å²) in [6.45, 7) is 1.73. The number of sulfonamides is 1. The van der Waals surface area contributed by atoms with E-state index in [0.29, 0.717) is 5.69 Å². The Bertz CT molecular complexity index is 726. The van der Waals surface area contributed by atoms with E-state index in [4.69, 9.17) is 28.9 Å². The molecule has 0 saturated carbocycles. The SMILES string of the molecule is CC(NS(=O)(=O)c1c(Cl)cccc1Cl)c1ccc(N)cc1. The molecule has 3 N–H and O–H groups in total. The van der Waals surface area contributed by atoms with Gasteiger partial charge >= 0.3 is 0 Å². The molecule has 112 valence electrons. The van der Waals surface area contributed by atoms with Crippen LogP contribution in [0.25, 0.3) is 0 Å². The largest absolute Gasteiger partial charge is 0.399 e. The van der Waals surface area contributed by atoms with Gasteiger partial charge in [0, 0.05) is 11.7 Å². The first-order chi connectivity index (χ1) is 9.81. The topological polar surface area (TPSA) is 72.2 Å². The Labute approximate surface area is 133 Å². The number of anilines is 1. The summed E-state index contributed by atoms with van der Waals surface area (Å²) in [7, 11) is -3.82. The minimum Gasteiger partial charge on any atom is -0.399 e. The molecule has 2 aromatic carbocycles. The van der Waals surface area contributed by atoms with Crippen molar-refractivity contribution in [3.63, 3.8) is 0 Å². The Morgan fingerprint density at radius 3 is 2.10 bits per heavy atom. The third-order valence-electron chi connectivity index (χ3n) is 2.96. The molecule has 1 atom stereocenters. The van der Waals surface area contributed by atoms with E-state index in [-0.39, 0.29) is 14.9 Å². The van der Waals surface area contributed by atoms with Gasteiger partial charge in [0.2, 0.25) is 10.0 Å². The highest BCUT2D eigenvalue weighted by molar-refractivity contribution is 7.89. The van der Waals surface area contributed by atoms with Gasteiger partial charge in [-0.05, 0) is 36.8 Å². The van der Waals surface area contributed by atoms with E-state index >= 15 is 0 Å². The maximum absolute atomic E-state index is 12.4. The number of nitrogens with two attached hydrogens (primary N) is 1. The van der Waals surface area contributed by atoms with Crippen LogP contribution in [0.2, 0.25) is 10.0 Å². The summed E-state index contributed by atoms with van der Waals surface area (Å²) in [6, 6.07) is 11.1. The van der Waals surface area contributed by atoms with Gasteiger partial charge in [0.25, 0.3) is 0 Å². The van der Waals surface area contributed by atoms with Crippen molar-refractivity contribution in [2.45, 2.75) is 17.9 Å². The lowest BCUT2D eigenvalue weighted by Crippen LogP contribution is -2.27. The van der Waals surface area contributed by atoms with Crippen molar-refractivity contribution in [1.29, 1.82) is 0 Å². The molecule has 0 saturated heterocycles. The molecule has 21 heavy (non-hydrogen) atoms. The van der Waals surface area contributed by atoms with Crippen LogP contribution in [0.3, 0.4) is 0 Å². The van der Waals surface area contributed by atoms with Gasteiger partial charge in [-0.3, -0.25) is 0 Å². The molecule has 0 amide bonds. The van der Waals surface area contributed by atoms with Crippen LogP contribution >= 0.6 is 23.2 Å². The average molecular weight is 345 g/mol. The maximum Gasteiger partial charge on any atom is 0.244 e.